The first kappa shape index (κ1) is 18.0. The Morgan fingerprint density at radius 3 is 2.03 bits per heavy atom. The summed E-state index contributed by atoms with van der Waals surface area (Å²) in [5.74, 6) is 0.301. The van der Waals surface area contributed by atoms with Gasteiger partial charge in [-0.3, -0.25) is 0 Å². The normalized spacial score (nSPS) is 21.6. The molecule has 2 aliphatic heterocycles. The number of nitrogens with one attached hydrogen (secondary N) is 1. The van der Waals surface area contributed by atoms with Crippen LogP contribution in [0.5, 0.6) is 0 Å². The van der Waals surface area contributed by atoms with Gasteiger partial charge in [0.15, 0.2) is 0 Å². The topological polar surface area (TPSA) is 15.3 Å². The molecule has 0 radical (unpaired) electrons. The number of benzene rings is 4. The zero-order valence-corrected chi connectivity index (χ0v) is 17.3. The highest BCUT2D eigenvalue weighted by atomic mass is 15.4. The van der Waals surface area contributed by atoms with E-state index in [2.05, 4.69) is 132 Å². The van der Waals surface area contributed by atoms with Crippen LogP contribution in [0.2, 0.25) is 0 Å². The van der Waals surface area contributed by atoms with Gasteiger partial charge in [0.1, 0.15) is 5.66 Å². The molecule has 150 valence electrons. The third-order valence-electron chi connectivity index (χ3n) is 6.53. The molecule has 0 amide bonds. The Morgan fingerprint density at radius 2 is 1.29 bits per heavy atom. The largest absolute Gasteiger partial charge is 0.357 e. The molecule has 2 aliphatic rings. The Hall–Kier alpha value is -3.78. The molecule has 4 aromatic carbocycles. The Bertz CT molecular complexity index is 1230. The minimum Gasteiger partial charge on any atom is -0.357 e. The van der Waals surface area contributed by atoms with Crippen molar-refractivity contribution in [2.24, 2.45) is 0 Å². The smallest absolute Gasteiger partial charge is 0.142 e. The maximum absolute atomic E-state index is 3.95. The van der Waals surface area contributed by atoms with E-state index >= 15 is 0 Å². The molecule has 0 spiro atoms. The third kappa shape index (κ3) is 2.87. The van der Waals surface area contributed by atoms with Crippen molar-refractivity contribution in [3.63, 3.8) is 0 Å². The zero-order valence-electron chi connectivity index (χ0n) is 17.3. The van der Waals surface area contributed by atoms with Gasteiger partial charge in [-0.05, 0) is 28.8 Å². The Labute approximate surface area is 183 Å². The maximum atomic E-state index is 3.95. The van der Waals surface area contributed by atoms with Crippen LogP contribution in [-0.4, -0.2) is 0 Å². The van der Waals surface area contributed by atoms with Gasteiger partial charge in [0, 0.05) is 18.0 Å². The predicted molar refractivity (Wildman–Crippen MR) is 129 cm³/mol. The molecule has 2 heteroatoms. The predicted octanol–water partition coefficient (Wildman–Crippen LogP) is 7.00. The number of fused-ring (bicyclic) bond motifs is 3. The molecule has 31 heavy (non-hydrogen) atoms. The summed E-state index contributed by atoms with van der Waals surface area (Å²) in [6, 6.07) is 41.2. The molecule has 1 N–H and O–H groups in total. The fourth-order valence-electron chi connectivity index (χ4n) is 5.16. The average Bonchev–Trinajstić information content (AvgIpc) is 3.21. The lowest BCUT2D eigenvalue weighted by molar-refractivity contribution is 0.438. The van der Waals surface area contributed by atoms with E-state index in [-0.39, 0.29) is 5.66 Å². The second kappa shape index (κ2) is 7.17. The van der Waals surface area contributed by atoms with Gasteiger partial charge in [0.2, 0.25) is 0 Å². The second-order valence-electron chi connectivity index (χ2n) is 8.34. The maximum Gasteiger partial charge on any atom is 0.142 e. The van der Waals surface area contributed by atoms with Crippen molar-refractivity contribution in [3.05, 3.63) is 138 Å². The van der Waals surface area contributed by atoms with Crippen molar-refractivity contribution in [1.29, 1.82) is 0 Å². The number of hydrogen-bond donors (Lipinski definition) is 1. The van der Waals surface area contributed by atoms with Crippen LogP contribution in [0.1, 0.15) is 29.0 Å². The summed E-state index contributed by atoms with van der Waals surface area (Å²) < 4.78 is 0. The summed E-state index contributed by atoms with van der Waals surface area (Å²) in [7, 11) is 0. The van der Waals surface area contributed by atoms with Crippen LogP contribution in [0, 0.1) is 0 Å². The van der Waals surface area contributed by atoms with Crippen molar-refractivity contribution in [1.82, 2.24) is 0 Å². The number of allylic oxidation sites excluding steroid dienone is 1. The summed E-state index contributed by atoms with van der Waals surface area (Å²) in [5, 5.41) is 3.95. The highest BCUT2D eigenvalue weighted by molar-refractivity contribution is 5.93. The first-order chi connectivity index (χ1) is 15.4. The van der Waals surface area contributed by atoms with Gasteiger partial charge in [0.25, 0.3) is 0 Å². The summed E-state index contributed by atoms with van der Waals surface area (Å²) in [4.78, 5) is 2.52. The van der Waals surface area contributed by atoms with Crippen LogP contribution in [0.4, 0.5) is 11.4 Å². The summed E-state index contributed by atoms with van der Waals surface area (Å²) in [6.07, 6.45) is 3.40. The van der Waals surface area contributed by atoms with Gasteiger partial charge in [-0.1, -0.05) is 109 Å². The van der Waals surface area contributed by atoms with E-state index in [0.29, 0.717) is 5.92 Å². The zero-order chi connectivity index (χ0) is 20.7. The minimum atomic E-state index is -0.342. The highest BCUT2D eigenvalue weighted by Gasteiger charge is 2.50. The molecule has 0 aliphatic carbocycles. The van der Waals surface area contributed by atoms with Gasteiger partial charge in [-0.15, -0.1) is 0 Å². The van der Waals surface area contributed by atoms with Gasteiger partial charge in [-0.25, -0.2) is 0 Å². The number of anilines is 2. The molecule has 2 heterocycles. The lowest BCUT2D eigenvalue weighted by Crippen LogP contribution is -2.50. The molecule has 0 unspecified atom stereocenters. The molecule has 0 aromatic heterocycles. The second-order valence-corrected chi connectivity index (χ2v) is 8.34. The molecule has 0 bridgehead atoms. The number of rotatable bonds is 3. The van der Waals surface area contributed by atoms with Crippen LogP contribution in [0.15, 0.2) is 121 Å². The minimum absolute atomic E-state index is 0.301. The van der Waals surface area contributed by atoms with E-state index in [4.69, 9.17) is 0 Å². The highest BCUT2D eigenvalue weighted by Crippen LogP contribution is 2.56. The van der Waals surface area contributed by atoms with Crippen molar-refractivity contribution in [3.8, 4) is 0 Å². The Kier molecular flexibility index (Phi) is 4.17. The lowest BCUT2D eigenvalue weighted by Gasteiger charge is -2.47. The van der Waals surface area contributed by atoms with Crippen molar-refractivity contribution in [2.75, 3.05) is 10.2 Å². The molecule has 0 saturated carbocycles. The molecule has 0 fully saturated rings. The molecule has 4 aromatic rings. The number of hydrogen-bond acceptors (Lipinski definition) is 2. The van der Waals surface area contributed by atoms with E-state index in [1.165, 1.54) is 33.8 Å². The van der Waals surface area contributed by atoms with Crippen LogP contribution < -0.4 is 10.2 Å². The van der Waals surface area contributed by atoms with Crippen molar-refractivity contribution >= 4 is 17.1 Å². The van der Waals surface area contributed by atoms with Crippen LogP contribution >= 0.6 is 0 Å². The lowest BCUT2D eigenvalue weighted by atomic mass is 9.79. The molecule has 0 saturated heterocycles. The summed E-state index contributed by atoms with van der Waals surface area (Å²) in [6.45, 7) is 0. The fraction of sp³-hybridized carbons (Fsp3) is 0.103. The van der Waals surface area contributed by atoms with E-state index < -0.39 is 0 Å². The van der Waals surface area contributed by atoms with E-state index in [0.717, 1.165) is 6.42 Å². The molecule has 2 atom stereocenters. The van der Waals surface area contributed by atoms with Crippen molar-refractivity contribution in [2.45, 2.75) is 18.0 Å². The van der Waals surface area contributed by atoms with Crippen LogP contribution in [0.3, 0.4) is 0 Å². The van der Waals surface area contributed by atoms with Crippen LogP contribution in [-0.2, 0) is 5.66 Å². The van der Waals surface area contributed by atoms with Gasteiger partial charge >= 0.3 is 0 Å². The van der Waals surface area contributed by atoms with Gasteiger partial charge in [-0.2, -0.15) is 0 Å². The van der Waals surface area contributed by atoms with E-state index in [9.17, 15) is 0 Å². The average molecular weight is 401 g/mol. The van der Waals surface area contributed by atoms with E-state index in [1.54, 1.807) is 0 Å². The molecular weight excluding hydrogens is 376 g/mol. The number of para-hydroxylation sites is 2. The Morgan fingerprint density at radius 1 is 0.677 bits per heavy atom. The molecular formula is C29H24N2. The van der Waals surface area contributed by atoms with E-state index in [1.807, 2.05) is 0 Å². The SMILES string of the molecule is C1=C(c2ccccc2)N2c3ccccc3N[C@]2(c2ccccc2)C[C@@H]1c1ccccc1. The monoisotopic (exact) mass is 400 g/mol. The fourth-order valence-corrected chi connectivity index (χ4v) is 5.16. The van der Waals surface area contributed by atoms with Crippen molar-refractivity contribution < 1.29 is 0 Å². The first-order valence-electron chi connectivity index (χ1n) is 10.9. The first-order valence-corrected chi connectivity index (χ1v) is 10.9. The molecule has 6 rings (SSSR count). The quantitative estimate of drug-likeness (QED) is 0.398. The van der Waals surface area contributed by atoms with Gasteiger partial charge in [0.05, 0.1) is 11.4 Å². The summed E-state index contributed by atoms with van der Waals surface area (Å²) >= 11 is 0. The third-order valence-corrected chi connectivity index (χ3v) is 6.53. The summed E-state index contributed by atoms with van der Waals surface area (Å²) in [5.41, 5.74) is 7.20. The van der Waals surface area contributed by atoms with Crippen LogP contribution in [0.25, 0.3) is 5.70 Å². The molecule has 2 nitrogen and oxygen atoms in total. The standard InChI is InChI=1S/C29H24N2/c1-4-12-22(13-5-1)24-20-28(23-14-6-2-7-15-23)31-27-19-11-10-18-26(27)30-29(31,21-24)25-16-8-3-9-17-25/h1-20,24,30H,21H2/t24-,29-/m1/s1. The van der Waals surface area contributed by atoms with Gasteiger partial charge < -0.3 is 10.2 Å². The Balaban J connectivity index is 1.62. The number of nitrogens with zero attached hydrogens (tertiary/aromatic N) is 1.